The van der Waals surface area contributed by atoms with Crippen LogP contribution in [0.5, 0.6) is 5.75 Å². The van der Waals surface area contributed by atoms with E-state index in [1.165, 1.54) is 0 Å². The van der Waals surface area contributed by atoms with Gasteiger partial charge in [0.05, 0.1) is 25.3 Å². The van der Waals surface area contributed by atoms with Crippen LogP contribution in [-0.4, -0.2) is 65.4 Å². The molecule has 0 saturated carbocycles. The SMILES string of the molecule is COc1ccc(NC(=O)C2CSCN2C(=O)C2CCCN(C(=O)Cc3ccccc3)C2)cc1. The molecular weight excluding hydrogens is 438 g/mol. The van der Waals surface area contributed by atoms with Gasteiger partial charge in [-0.3, -0.25) is 14.4 Å². The van der Waals surface area contributed by atoms with E-state index in [4.69, 9.17) is 4.74 Å². The number of amides is 3. The fourth-order valence-corrected chi connectivity index (χ4v) is 5.46. The molecular formula is C25H29N3O4S. The zero-order chi connectivity index (χ0) is 23.2. The van der Waals surface area contributed by atoms with Gasteiger partial charge in [0.2, 0.25) is 17.7 Å². The summed E-state index contributed by atoms with van der Waals surface area (Å²) in [5, 5.41) is 2.91. The molecule has 0 aliphatic carbocycles. The number of thioether (sulfide) groups is 1. The van der Waals surface area contributed by atoms with E-state index in [9.17, 15) is 14.4 Å². The second kappa shape index (κ2) is 10.7. The number of rotatable bonds is 6. The fraction of sp³-hybridized carbons (Fsp3) is 0.400. The van der Waals surface area contributed by atoms with Crippen molar-refractivity contribution in [3.63, 3.8) is 0 Å². The predicted octanol–water partition coefficient (Wildman–Crippen LogP) is 3.02. The molecule has 2 aliphatic heterocycles. The third kappa shape index (κ3) is 5.68. The zero-order valence-corrected chi connectivity index (χ0v) is 19.6. The van der Waals surface area contributed by atoms with Crippen molar-refractivity contribution < 1.29 is 19.1 Å². The molecule has 8 heteroatoms. The van der Waals surface area contributed by atoms with Gasteiger partial charge in [-0.1, -0.05) is 30.3 Å². The molecule has 2 aliphatic rings. The Morgan fingerprint density at radius 2 is 1.85 bits per heavy atom. The Kier molecular flexibility index (Phi) is 7.54. The number of carbonyl (C=O) groups excluding carboxylic acids is 3. The quantitative estimate of drug-likeness (QED) is 0.707. The smallest absolute Gasteiger partial charge is 0.248 e. The van der Waals surface area contributed by atoms with E-state index in [0.29, 0.717) is 42.6 Å². The van der Waals surface area contributed by atoms with Crippen molar-refractivity contribution in [1.29, 1.82) is 0 Å². The highest BCUT2D eigenvalue weighted by molar-refractivity contribution is 7.99. The summed E-state index contributed by atoms with van der Waals surface area (Å²) in [4.78, 5) is 42.6. The molecule has 33 heavy (non-hydrogen) atoms. The van der Waals surface area contributed by atoms with Gasteiger partial charge in [0.25, 0.3) is 0 Å². The number of nitrogens with one attached hydrogen (secondary N) is 1. The lowest BCUT2D eigenvalue weighted by Crippen LogP contribution is -2.51. The Bertz CT molecular complexity index is 983. The van der Waals surface area contributed by atoms with Gasteiger partial charge in [-0.25, -0.2) is 0 Å². The second-order valence-electron chi connectivity index (χ2n) is 8.38. The number of methoxy groups -OCH3 is 1. The molecule has 174 valence electrons. The normalized spacial score (nSPS) is 20.4. The molecule has 7 nitrogen and oxygen atoms in total. The maximum absolute atomic E-state index is 13.4. The summed E-state index contributed by atoms with van der Waals surface area (Å²) < 4.78 is 5.15. The molecule has 0 radical (unpaired) electrons. The minimum absolute atomic E-state index is 0.0351. The third-order valence-electron chi connectivity index (χ3n) is 6.15. The van der Waals surface area contributed by atoms with Crippen molar-refractivity contribution >= 4 is 35.2 Å². The Hall–Kier alpha value is -3.00. The maximum Gasteiger partial charge on any atom is 0.248 e. The van der Waals surface area contributed by atoms with Crippen LogP contribution in [-0.2, 0) is 20.8 Å². The van der Waals surface area contributed by atoms with E-state index in [1.54, 1.807) is 52.9 Å². The van der Waals surface area contributed by atoms with E-state index in [1.807, 2.05) is 30.3 Å². The van der Waals surface area contributed by atoms with Crippen LogP contribution in [0.2, 0.25) is 0 Å². The number of hydrogen-bond acceptors (Lipinski definition) is 5. The summed E-state index contributed by atoms with van der Waals surface area (Å²) in [6, 6.07) is 16.3. The van der Waals surface area contributed by atoms with Crippen LogP contribution in [0, 0.1) is 5.92 Å². The number of hydrogen-bond donors (Lipinski definition) is 1. The van der Waals surface area contributed by atoms with E-state index in [-0.39, 0.29) is 23.6 Å². The first-order chi connectivity index (χ1) is 16.0. The number of carbonyl (C=O) groups is 3. The summed E-state index contributed by atoms with van der Waals surface area (Å²) in [6.07, 6.45) is 1.87. The first kappa shape index (κ1) is 23.2. The Labute approximate surface area is 198 Å². The van der Waals surface area contributed by atoms with Crippen LogP contribution < -0.4 is 10.1 Å². The molecule has 2 atom stereocenters. The summed E-state index contributed by atoms with van der Waals surface area (Å²) in [5.74, 6) is 1.32. The summed E-state index contributed by atoms with van der Waals surface area (Å²) in [6.45, 7) is 1.09. The summed E-state index contributed by atoms with van der Waals surface area (Å²) in [5.41, 5.74) is 1.64. The van der Waals surface area contributed by atoms with Gasteiger partial charge in [0.15, 0.2) is 0 Å². The third-order valence-corrected chi connectivity index (χ3v) is 7.16. The molecule has 2 aromatic carbocycles. The van der Waals surface area contributed by atoms with Gasteiger partial charge in [-0.2, -0.15) is 0 Å². The van der Waals surface area contributed by atoms with Crippen molar-refractivity contribution in [1.82, 2.24) is 9.80 Å². The lowest BCUT2D eigenvalue weighted by molar-refractivity contribution is -0.143. The Morgan fingerprint density at radius 3 is 2.58 bits per heavy atom. The number of benzene rings is 2. The monoisotopic (exact) mass is 467 g/mol. The van der Waals surface area contributed by atoms with Crippen molar-refractivity contribution in [3.05, 3.63) is 60.2 Å². The highest BCUT2D eigenvalue weighted by Gasteiger charge is 2.39. The van der Waals surface area contributed by atoms with Crippen LogP contribution >= 0.6 is 11.8 Å². The second-order valence-corrected chi connectivity index (χ2v) is 9.38. The Morgan fingerprint density at radius 1 is 1.09 bits per heavy atom. The summed E-state index contributed by atoms with van der Waals surface area (Å²) >= 11 is 1.58. The minimum Gasteiger partial charge on any atom is -0.497 e. The lowest BCUT2D eigenvalue weighted by Gasteiger charge is -2.35. The predicted molar refractivity (Wildman–Crippen MR) is 129 cm³/mol. The number of piperidine rings is 1. The van der Waals surface area contributed by atoms with Crippen LogP contribution in [0.1, 0.15) is 18.4 Å². The standard InChI is InChI=1S/C25H29N3O4S/c1-32-21-11-9-20(10-12-21)26-24(30)22-16-33-17-28(22)25(31)19-8-5-13-27(15-19)23(29)14-18-6-3-2-4-7-18/h2-4,6-7,9-12,19,22H,5,8,13-17H2,1H3,(H,26,30). The first-order valence-electron chi connectivity index (χ1n) is 11.2. The highest BCUT2D eigenvalue weighted by Crippen LogP contribution is 2.28. The van der Waals surface area contributed by atoms with Crippen LogP contribution in [0.25, 0.3) is 0 Å². The topological polar surface area (TPSA) is 79.0 Å². The van der Waals surface area contributed by atoms with Crippen LogP contribution in [0.15, 0.2) is 54.6 Å². The molecule has 1 N–H and O–H groups in total. The largest absolute Gasteiger partial charge is 0.497 e. The molecule has 0 bridgehead atoms. The highest BCUT2D eigenvalue weighted by atomic mass is 32.2. The van der Waals surface area contributed by atoms with E-state index < -0.39 is 6.04 Å². The lowest BCUT2D eigenvalue weighted by atomic mass is 9.95. The van der Waals surface area contributed by atoms with Crippen molar-refractivity contribution in [2.45, 2.75) is 25.3 Å². The number of likely N-dealkylation sites (tertiary alicyclic amines) is 1. The van der Waals surface area contributed by atoms with E-state index >= 15 is 0 Å². The van der Waals surface area contributed by atoms with Crippen molar-refractivity contribution in [3.8, 4) is 5.75 Å². The van der Waals surface area contributed by atoms with E-state index in [0.717, 1.165) is 18.4 Å². The average molecular weight is 468 g/mol. The molecule has 0 aromatic heterocycles. The molecule has 2 heterocycles. The molecule has 2 unspecified atom stereocenters. The number of nitrogens with zero attached hydrogens (tertiary/aromatic N) is 2. The van der Waals surface area contributed by atoms with Crippen LogP contribution in [0.3, 0.4) is 0 Å². The number of ether oxygens (including phenoxy) is 1. The van der Waals surface area contributed by atoms with Gasteiger partial charge in [0, 0.05) is 24.5 Å². The van der Waals surface area contributed by atoms with E-state index in [2.05, 4.69) is 5.32 Å². The molecule has 2 saturated heterocycles. The molecule has 4 rings (SSSR count). The number of anilines is 1. The minimum atomic E-state index is -0.514. The first-order valence-corrected chi connectivity index (χ1v) is 12.4. The zero-order valence-electron chi connectivity index (χ0n) is 18.7. The van der Waals surface area contributed by atoms with Gasteiger partial charge in [0.1, 0.15) is 11.8 Å². The van der Waals surface area contributed by atoms with Gasteiger partial charge in [-0.15, -0.1) is 11.8 Å². The molecule has 2 aromatic rings. The van der Waals surface area contributed by atoms with Gasteiger partial charge in [-0.05, 0) is 42.7 Å². The Balaban J connectivity index is 1.36. The van der Waals surface area contributed by atoms with Gasteiger partial charge < -0.3 is 19.9 Å². The van der Waals surface area contributed by atoms with Crippen LogP contribution in [0.4, 0.5) is 5.69 Å². The molecule has 2 fully saturated rings. The van der Waals surface area contributed by atoms with Crippen molar-refractivity contribution in [2.75, 3.05) is 37.1 Å². The fourth-order valence-electron chi connectivity index (χ4n) is 4.30. The average Bonchev–Trinajstić information content (AvgIpc) is 3.35. The molecule has 3 amide bonds. The molecule has 0 spiro atoms. The van der Waals surface area contributed by atoms with Crippen molar-refractivity contribution in [2.24, 2.45) is 5.92 Å². The maximum atomic E-state index is 13.4. The van der Waals surface area contributed by atoms with Gasteiger partial charge >= 0.3 is 0 Å². The summed E-state index contributed by atoms with van der Waals surface area (Å²) in [7, 11) is 1.59.